The van der Waals surface area contributed by atoms with Gasteiger partial charge < -0.3 is 15.0 Å². The number of nitrogens with zero attached hydrogens (tertiary/aromatic N) is 1. The third-order valence-corrected chi connectivity index (χ3v) is 6.58. The van der Waals surface area contributed by atoms with Gasteiger partial charge in [-0.2, -0.15) is 0 Å². The molecule has 2 aliphatic heterocycles. The Kier molecular flexibility index (Phi) is 3.24. The molecule has 4 nitrogen and oxygen atoms in total. The number of piperidine rings is 1. The number of fused-ring (bicyclic) bond motifs is 7. The second kappa shape index (κ2) is 5.35. The van der Waals surface area contributed by atoms with Crippen LogP contribution in [-0.2, 0) is 11.2 Å². The number of carbonyl (C=O) groups is 1. The first-order valence-corrected chi connectivity index (χ1v) is 9.29. The molecule has 3 heterocycles. The molecule has 1 aromatic heterocycles. The number of hydrogen-bond acceptors (Lipinski definition) is 2. The van der Waals surface area contributed by atoms with Crippen molar-refractivity contribution in [1.29, 1.82) is 0 Å². The largest absolute Gasteiger partial charge is 0.394 e. The minimum Gasteiger partial charge on any atom is -0.394 e. The van der Waals surface area contributed by atoms with Crippen LogP contribution in [0.2, 0.25) is 0 Å². The minimum absolute atomic E-state index is 0.0541. The van der Waals surface area contributed by atoms with E-state index in [2.05, 4.69) is 29.2 Å². The standard InChI is InChI=1S/C20H24N2O2/c23-11-13-10-16-15-7-3-4-8-17(15)21-19(16)20-14-6-2-1-5-12(14)9-18(24)22(13)20/h3-4,7-8,12-14,20-21,23H,1-2,5-6,9-11H2/t12-,13-,14+,20-/m0/s1. The highest BCUT2D eigenvalue weighted by Crippen LogP contribution is 2.51. The van der Waals surface area contributed by atoms with Crippen LogP contribution in [0.3, 0.4) is 0 Å². The predicted molar refractivity (Wildman–Crippen MR) is 92.5 cm³/mol. The number of benzene rings is 1. The average Bonchev–Trinajstić information content (AvgIpc) is 2.99. The number of rotatable bonds is 1. The van der Waals surface area contributed by atoms with Crippen LogP contribution in [0.5, 0.6) is 0 Å². The molecule has 24 heavy (non-hydrogen) atoms. The van der Waals surface area contributed by atoms with Crippen molar-refractivity contribution in [2.45, 2.75) is 50.6 Å². The lowest BCUT2D eigenvalue weighted by molar-refractivity contribution is -0.150. The zero-order valence-corrected chi connectivity index (χ0v) is 13.9. The van der Waals surface area contributed by atoms with Gasteiger partial charge in [0, 0.05) is 23.0 Å². The fourth-order valence-corrected chi connectivity index (χ4v) is 5.56. The Morgan fingerprint density at radius 3 is 2.88 bits per heavy atom. The number of para-hydroxylation sites is 1. The van der Waals surface area contributed by atoms with Crippen LogP contribution in [0.4, 0.5) is 0 Å². The third kappa shape index (κ3) is 1.92. The molecule has 1 saturated carbocycles. The van der Waals surface area contributed by atoms with Crippen molar-refractivity contribution in [2.24, 2.45) is 11.8 Å². The fraction of sp³-hybridized carbons (Fsp3) is 0.550. The van der Waals surface area contributed by atoms with Crippen molar-refractivity contribution in [3.8, 4) is 0 Å². The lowest BCUT2D eigenvalue weighted by Gasteiger charge is -2.52. The van der Waals surface area contributed by atoms with Gasteiger partial charge in [-0.25, -0.2) is 0 Å². The van der Waals surface area contributed by atoms with Crippen LogP contribution >= 0.6 is 0 Å². The highest BCUT2D eigenvalue weighted by molar-refractivity contribution is 5.87. The second-order valence-electron chi connectivity index (χ2n) is 7.76. The Morgan fingerprint density at radius 2 is 2.00 bits per heavy atom. The lowest BCUT2D eigenvalue weighted by Crippen LogP contribution is -2.56. The van der Waals surface area contributed by atoms with E-state index in [1.807, 2.05) is 4.90 Å². The molecule has 1 aromatic carbocycles. The number of H-pyrrole nitrogens is 1. The number of aliphatic hydroxyl groups excluding tert-OH is 1. The predicted octanol–water partition coefficient (Wildman–Crippen LogP) is 3.16. The Bertz CT molecular complexity index is 796. The summed E-state index contributed by atoms with van der Waals surface area (Å²) in [6.45, 7) is 0.0541. The molecule has 3 aliphatic rings. The molecule has 2 fully saturated rings. The van der Waals surface area contributed by atoms with Gasteiger partial charge in [-0.05, 0) is 42.7 Å². The van der Waals surface area contributed by atoms with E-state index in [-0.39, 0.29) is 24.6 Å². The fourth-order valence-electron chi connectivity index (χ4n) is 5.56. The molecule has 2 aromatic rings. The number of aromatic nitrogens is 1. The second-order valence-corrected chi connectivity index (χ2v) is 7.76. The third-order valence-electron chi connectivity index (χ3n) is 6.58. The summed E-state index contributed by atoms with van der Waals surface area (Å²) in [5.74, 6) is 1.30. The first-order valence-electron chi connectivity index (χ1n) is 9.29. The summed E-state index contributed by atoms with van der Waals surface area (Å²) in [7, 11) is 0. The molecule has 1 aliphatic carbocycles. The SMILES string of the molecule is O=C1C[C@@H]2CCCC[C@H]2[C@H]2c3[nH]c4ccccc4c3C[C@@H](CO)N12. The van der Waals surface area contributed by atoms with Gasteiger partial charge in [-0.15, -0.1) is 0 Å². The molecular formula is C20H24N2O2. The smallest absolute Gasteiger partial charge is 0.223 e. The Labute approximate surface area is 141 Å². The molecule has 0 spiro atoms. The summed E-state index contributed by atoms with van der Waals surface area (Å²) in [5, 5.41) is 11.2. The number of aromatic amines is 1. The van der Waals surface area contributed by atoms with Gasteiger partial charge in [0.15, 0.2) is 0 Å². The van der Waals surface area contributed by atoms with Gasteiger partial charge in [0.25, 0.3) is 0 Å². The number of hydrogen-bond donors (Lipinski definition) is 2. The zero-order chi connectivity index (χ0) is 16.3. The maximum absolute atomic E-state index is 12.9. The maximum atomic E-state index is 12.9. The van der Waals surface area contributed by atoms with Crippen LogP contribution in [0.15, 0.2) is 24.3 Å². The monoisotopic (exact) mass is 324 g/mol. The minimum atomic E-state index is -0.0721. The topological polar surface area (TPSA) is 56.3 Å². The van der Waals surface area contributed by atoms with Crippen molar-refractivity contribution < 1.29 is 9.90 Å². The van der Waals surface area contributed by atoms with Crippen LogP contribution in [0.25, 0.3) is 10.9 Å². The van der Waals surface area contributed by atoms with E-state index in [0.717, 1.165) is 11.9 Å². The summed E-state index contributed by atoms with van der Waals surface area (Å²) in [6, 6.07) is 8.47. The van der Waals surface area contributed by atoms with E-state index in [9.17, 15) is 9.90 Å². The first-order chi connectivity index (χ1) is 11.8. The van der Waals surface area contributed by atoms with Crippen LogP contribution in [-0.4, -0.2) is 33.5 Å². The van der Waals surface area contributed by atoms with Crippen molar-refractivity contribution in [3.63, 3.8) is 0 Å². The molecule has 0 unspecified atom stereocenters. The number of amides is 1. The number of aliphatic hydroxyl groups is 1. The highest BCUT2D eigenvalue weighted by atomic mass is 16.3. The van der Waals surface area contributed by atoms with Crippen LogP contribution in [0.1, 0.15) is 49.4 Å². The summed E-state index contributed by atoms with van der Waals surface area (Å²) in [6.07, 6.45) is 6.33. The van der Waals surface area contributed by atoms with E-state index >= 15 is 0 Å². The van der Waals surface area contributed by atoms with E-state index in [1.54, 1.807) is 0 Å². The van der Waals surface area contributed by atoms with E-state index in [4.69, 9.17) is 0 Å². The Hall–Kier alpha value is -1.81. The highest BCUT2D eigenvalue weighted by Gasteiger charge is 2.49. The first kappa shape index (κ1) is 14.5. The van der Waals surface area contributed by atoms with Crippen molar-refractivity contribution in [3.05, 3.63) is 35.5 Å². The maximum Gasteiger partial charge on any atom is 0.223 e. The molecule has 4 atom stereocenters. The van der Waals surface area contributed by atoms with Crippen LogP contribution < -0.4 is 0 Å². The van der Waals surface area contributed by atoms with Gasteiger partial charge in [-0.1, -0.05) is 31.0 Å². The normalized spacial score (nSPS) is 32.4. The van der Waals surface area contributed by atoms with Crippen molar-refractivity contribution in [2.75, 3.05) is 6.61 Å². The van der Waals surface area contributed by atoms with E-state index in [0.29, 0.717) is 18.3 Å². The van der Waals surface area contributed by atoms with Gasteiger partial charge in [0.05, 0.1) is 18.7 Å². The van der Waals surface area contributed by atoms with Gasteiger partial charge in [-0.3, -0.25) is 4.79 Å². The summed E-state index contributed by atoms with van der Waals surface area (Å²) >= 11 is 0. The van der Waals surface area contributed by atoms with Gasteiger partial charge >= 0.3 is 0 Å². The molecule has 5 rings (SSSR count). The van der Waals surface area contributed by atoms with Gasteiger partial charge in [0.1, 0.15) is 0 Å². The molecule has 1 amide bonds. The lowest BCUT2D eigenvalue weighted by atomic mass is 9.67. The van der Waals surface area contributed by atoms with Crippen molar-refractivity contribution in [1.82, 2.24) is 9.88 Å². The van der Waals surface area contributed by atoms with Crippen molar-refractivity contribution >= 4 is 16.8 Å². The Balaban J connectivity index is 1.70. The molecular weight excluding hydrogens is 300 g/mol. The number of carbonyl (C=O) groups excluding carboxylic acids is 1. The van der Waals surface area contributed by atoms with E-state index < -0.39 is 0 Å². The molecule has 0 bridgehead atoms. The van der Waals surface area contributed by atoms with Gasteiger partial charge in [0.2, 0.25) is 5.91 Å². The quantitative estimate of drug-likeness (QED) is 0.846. The Morgan fingerprint density at radius 1 is 1.17 bits per heavy atom. The molecule has 1 saturated heterocycles. The molecule has 0 radical (unpaired) electrons. The molecule has 2 N–H and O–H groups in total. The zero-order valence-electron chi connectivity index (χ0n) is 13.9. The average molecular weight is 324 g/mol. The summed E-state index contributed by atoms with van der Waals surface area (Å²) < 4.78 is 0. The van der Waals surface area contributed by atoms with E-state index in [1.165, 1.54) is 42.3 Å². The van der Waals surface area contributed by atoms with Crippen LogP contribution in [0, 0.1) is 11.8 Å². The summed E-state index contributed by atoms with van der Waals surface area (Å²) in [5.41, 5.74) is 3.72. The molecule has 4 heteroatoms. The number of nitrogens with one attached hydrogen (secondary N) is 1. The summed E-state index contributed by atoms with van der Waals surface area (Å²) in [4.78, 5) is 18.5. The molecule has 126 valence electrons.